The number of fused-ring (bicyclic) bond motifs is 2. The number of ether oxygens (including phenoxy) is 2. The van der Waals surface area contributed by atoms with Gasteiger partial charge >= 0.3 is 6.09 Å². The number of amides is 1. The zero-order valence-corrected chi connectivity index (χ0v) is 23.7. The monoisotopic (exact) mass is 548 g/mol. The van der Waals surface area contributed by atoms with Crippen molar-refractivity contribution in [2.24, 2.45) is 0 Å². The van der Waals surface area contributed by atoms with Gasteiger partial charge in [-0.3, -0.25) is 14.3 Å². The lowest BCUT2D eigenvalue weighted by molar-refractivity contribution is 0.0488. The van der Waals surface area contributed by atoms with E-state index in [9.17, 15) is 9.59 Å². The molecule has 39 heavy (non-hydrogen) atoms. The van der Waals surface area contributed by atoms with Gasteiger partial charge in [0.05, 0.1) is 12.1 Å². The van der Waals surface area contributed by atoms with Crippen LogP contribution in [0, 0.1) is 0 Å². The number of rotatable bonds is 9. The van der Waals surface area contributed by atoms with E-state index >= 15 is 0 Å². The lowest BCUT2D eigenvalue weighted by Gasteiger charge is -2.36. The van der Waals surface area contributed by atoms with Crippen molar-refractivity contribution in [1.82, 2.24) is 14.4 Å². The predicted molar refractivity (Wildman–Crippen MR) is 158 cm³/mol. The molecule has 1 amide bonds. The number of hydrogen-bond acceptors (Lipinski definition) is 7. The summed E-state index contributed by atoms with van der Waals surface area (Å²) >= 11 is 1.80. The molecule has 2 aromatic carbocycles. The van der Waals surface area contributed by atoms with Gasteiger partial charge in [-0.15, -0.1) is 11.3 Å². The number of hydrogen-bond donors (Lipinski definition) is 0. The molecule has 9 heteroatoms. The number of anilines is 1. The molecule has 0 N–H and O–H groups in total. The molecular weight excluding hydrogens is 512 g/mol. The Balaban J connectivity index is 1.11. The first kappa shape index (κ1) is 27.0. The van der Waals surface area contributed by atoms with Gasteiger partial charge in [-0.1, -0.05) is 6.07 Å². The second-order valence-electron chi connectivity index (χ2n) is 10.1. The normalized spacial score (nSPS) is 15.0. The van der Waals surface area contributed by atoms with Gasteiger partial charge in [0.15, 0.2) is 6.23 Å². The Kier molecular flexibility index (Phi) is 8.38. The first-order valence-corrected chi connectivity index (χ1v) is 14.4. The minimum Gasteiger partial charge on any atom is -0.494 e. The third-order valence-corrected chi connectivity index (χ3v) is 8.11. The van der Waals surface area contributed by atoms with E-state index in [1.54, 1.807) is 38.4 Å². The Labute approximate surface area is 232 Å². The smallest absolute Gasteiger partial charge is 0.411 e. The van der Waals surface area contributed by atoms with Gasteiger partial charge in [0, 0.05) is 68.2 Å². The van der Waals surface area contributed by atoms with Crippen LogP contribution in [0.25, 0.3) is 21.0 Å². The summed E-state index contributed by atoms with van der Waals surface area (Å²) in [6.07, 6.45) is 0.769. The van der Waals surface area contributed by atoms with E-state index < -0.39 is 12.3 Å². The maximum absolute atomic E-state index is 12.6. The summed E-state index contributed by atoms with van der Waals surface area (Å²) in [7, 11) is 3.22. The van der Waals surface area contributed by atoms with Gasteiger partial charge in [0.2, 0.25) is 0 Å². The largest absolute Gasteiger partial charge is 0.494 e. The molecule has 0 bridgehead atoms. The number of carbonyl (C=O) groups is 1. The molecule has 0 aliphatic carbocycles. The van der Waals surface area contributed by atoms with Crippen LogP contribution in [0.15, 0.2) is 64.8 Å². The van der Waals surface area contributed by atoms with E-state index in [4.69, 9.17) is 9.47 Å². The second kappa shape index (κ2) is 12.1. The molecule has 1 saturated heterocycles. The third-order valence-electron chi connectivity index (χ3n) is 7.23. The second-order valence-corrected chi connectivity index (χ2v) is 11.1. The highest BCUT2D eigenvalue weighted by molar-refractivity contribution is 7.17. The van der Waals surface area contributed by atoms with Crippen molar-refractivity contribution in [1.29, 1.82) is 0 Å². The number of unbranched alkanes of at least 4 members (excludes halogenated alkanes) is 1. The molecular formula is C30H36N4O4S. The number of piperazine rings is 1. The summed E-state index contributed by atoms with van der Waals surface area (Å²) in [6, 6.07) is 17.8. The number of benzene rings is 2. The fraction of sp³-hybridized carbons (Fsp3) is 0.400. The van der Waals surface area contributed by atoms with Crippen molar-refractivity contribution in [2.75, 3.05) is 58.3 Å². The molecule has 1 fully saturated rings. The van der Waals surface area contributed by atoms with Crippen LogP contribution >= 0.6 is 11.3 Å². The van der Waals surface area contributed by atoms with Crippen LogP contribution in [-0.2, 0) is 4.74 Å². The molecule has 1 unspecified atom stereocenters. The highest BCUT2D eigenvalue weighted by atomic mass is 32.1. The average molecular weight is 549 g/mol. The lowest BCUT2D eigenvalue weighted by Crippen LogP contribution is -2.46. The number of thiophene rings is 1. The van der Waals surface area contributed by atoms with Crippen LogP contribution in [0.1, 0.15) is 26.0 Å². The van der Waals surface area contributed by atoms with Gasteiger partial charge < -0.3 is 19.3 Å². The summed E-state index contributed by atoms with van der Waals surface area (Å²) < 4.78 is 14.3. The number of aromatic nitrogens is 1. The topological polar surface area (TPSA) is 67.2 Å². The molecule has 4 aromatic rings. The van der Waals surface area contributed by atoms with Crippen molar-refractivity contribution in [3.63, 3.8) is 0 Å². The number of carbonyl (C=O) groups excluding carboxylic acids is 1. The van der Waals surface area contributed by atoms with Crippen molar-refractivity contribution in [3.05, 3.63) is 70.3 Å². The van der Waals surface area contributed by atoms with Crippen LogP contribution in [0.5, 0.6) is 5.75 Å². The van der Waals surface area contributed by atoms with Gasteiger partial charge in [-0.2, -0.15) is 0 Å². The Morgan fingerprint density at radius 2 is 1.82 bits per heavy atom. The Morgan fingerprint density at radius 3 is 2.62 bits per heavy atom. The van der Waals surface area contributed by atoms with Crippen LogP contribution in [0.4, 0.5) is 10.5 Å². The maximum Gasteiger partial charge on any atom is 0.411 e. The molecule has 1 atom stereocenters. The third kappa shape index (κ3) is 6.20. The molecule has 0 saturated carbocycles. The van der Waals surface area contributed by atoms with Crippen molar-refractivity contribution < 1.29 is 14.3 Å². The summed E-state index contributed by atoms with van der Waals surface area (Å²) in [5.41, 5.74) is 1.80. The van der Waals surface area contributed by atoms with Crippen molar-refractivity contribution >= 4 is 44.1 Å². The summed E-state index contributed by atoms with van der Waals surface area (Å²) in [5, 5.41) is 4.42. The molecule has 206 valence electrons. The van der Waals surface area contributed by atoms with Gasteiger partial charge in [-0.25, -0.2) is 4.79 Å². The standard InChI is InChI=1S/C30H36N4O4S/c1-22(38-30(36)31(2)3)34-27-21-24(11-9-23(27)10-12-29(34)35)37-19-5-4-14-32-15-17-33(18-16-32)26-7-6-8-28-25(26)13-20-39-28/h6-13,20-22H,4-5,14-19H2,1-3H3. The van der Waals surface area contributed by atoms with Crippen LogP contribution in [-0.4, -0.2) is 73.9 Å². The summed E-state index contributed by atoms with van der Waals surface area (Å²) in [6.45, 7) is 7.59. The summed E-state index contributed by atoms with van der Waals surface area (Å²) in [4.78, 5) is 31.1. The highest BCUT2D eigenvalue weighted by Crippen LogP contribution is 2.31. The van der Waals surface area contributed by atoms with Gasteiger partial charge in [0.1, 0.15) is 5.75 Å². The molecule has 5 rings (SSSR count). The molecule has 0 spiro atoms. The predicted octanol–water partition coefficient (Wildman–Crippen LogP) is 5.41. The fourth-order valence-electron chi connectivity index (χ4n) is 5.10. The lowest BCUT2D eigenvalue weighted by atomic mass is 10.2. The SMILES string of the molecule is CC(OC(=O)N(C)C)n1c(=O)ccc2ccc(OCCCCN3CCN(c4cccc5sccc45)CC3)cc21. The Bertz CT molecular complexity index is 1490. The molecule has 2 aromatic heterocycles. The van der Waals surface area contributed by atoms with Crippen molar-refractivity contribution in [3.8, 4) is 5.75 Å². The molecule has 8 nitrogen and oxygen atoms in total. The average Bonchev–Trinajstić information content (AvgIpc) is 3.42. The highest BCUT2D eigenvalue weighted by Gasteiger charge is 2.19. The zero-order valence-electron chi connectivity index (χ0n) is 22.8. The van der Waals surface area contributed by atoms with Crippen LogP contribution in [0.3, 0.4) is 0 Å². The van der Waals surface area contributed by atoms with Gasteiger partial charge in [-0.05, 0) is 73.5 Å². The van der Waals surface area contributed by atoms with E-state index in [0.717, 1.165) is 51.0 Å². The molecule has 0 radical (unpaired) electrons. The zero-order chi connectivity index (χ0) is 27.4. The number of nitrogens with zero attached hydrogens (tertiary/aromatic N) is 4. The molecule has 3 heterocycles. The summed E-state index contributed by atoms with van der Waals surface area (Å²) in [5.74, 6) is 0.698. The Hall–Kier alpha value is -3.56. The molecule has 1 aliphatic heterocycles. The first-order valence-electron chi connectivity index (χ1n) is 13.5. The van der Waals surface area contributed by atoms with E-state index in [1.165, 1.54) is 31.3 Å². The van der Waals surface area contributed by atoms with Crippen LogP contribution in [0.2, 0.25) is 0 Å². The maximum atomic E-state index is 12.6. The van der Waals surface area contributed by atoms with Gasteiger partial charge in [0.25, 0.3) is 5.56 Å². The van der Waals surface area contributed by atoms with E-state index in [2.05, 4.69) is 39.4 Å². The van der Waals surface area contributed by atoms with Crippen molar-refractivity contribution in [2.45, 2.75) is 26.0 Å². The quantitative estimate of drug-likeness (QED) is 0.261. The van der Waals surface area contributed by atoms with E-state index in [0.29, 0.717) is 17.9 Å². The minimum atomic E-state index is -0.745. The number of pyridine rings is 1. The first-order chi connectivity index (χ1) is 18.9. The van der Waals surface area contributed by atoms with E-state index in [1.807, 2.05) is 18.2 Å². The fourth-order valence-corrected chi connectivity index (χ4v) is 5.90. The molecule has 1 aliphatic rings. The van der Waals surface area contributed by atoms with Crippen LogP contribution < -0.4 is 15.2 Å². The Morgan fingerprint density at radius 1 is 1.03 bits per heavy atom. The van der Waals surface area contributed by atoms with E-state index in [-0.39, 0.29) is 5.56 Å². The minimum absolute atomic E-state index is 0.231.